The van der Waals surface area contributed by atoms with Crippen molar-refractivity contribution in [2.45, 2.75) is 27.7 Å². The lowest BCUT2D eigenvalue weighted by Crippen LogP contribution is -2.10. The minimum Gasteiger partial charge on any atom is -0.462 e. The number of carbonyl (C=O) groups excluding carboxylic acids is 2. The normalized spacial score (nSPS) is 10.8. The van der Waals surface area contributed by atoms with Gasteiger partial charge < -0.3 is 25.8 Å². The zero-order valence-electron chi connectivity index (χ0n) is 20.4. The lowest BCUT2D eigenvalue weighted by atomic mass is 10.2. The number of rotatable bonds is 10. The van der Waals surface area contributed by atoms with Crippen LogP contribution >= 0.6 is 0 Å². The van der Waals surface area contributed by atoms with Gasteiger partial charge in [-0.05, 0) is 60.4 Å². The molecule has 0 saturated heterocycles. The fourth-order valence-electron chi connectivity index (χ4n) is 2.90. The zero-order valence-corrected chi connectivity index (χ0v) is 20.4. The van der Waals surface area contributed by atoms with Crippen LogP contribution in [0.2, 0.25) is 0 Å². The molecule has 0 aliphatic heterocycles. The third-order valence-corrected chi connectivity index (χ3v) is 4.75. The molecule has 2 aromatic carbocycles. The molecule has 35 heavy (non-hydrogen) atoms. The van der Waals surface area contributed by atoms with Crippen molar-refractivity contribution >= 4 is 40.6 Å². The number of anilines is 5. The summed E-state index contributed by atoms with van der Waals surface area (Å²) in [5.41, 5.74) is 8.91. The van der Waals surface area contributed by atoms with Crippen LogP contribution in [0.5, 0.6) is 0 Å². The van der Waals surface area contributed by atoms with Crippen molar-refractivity contribution in [3.05, 3.63) is 66.0 Å². The van der Waals surface area contributed by atoms with E-state index in [1.165, 1.54) is 6.33 Å². The standard InChI is InChI=1S/C26H31N5O4/c1-16(2)13-34-25(32)18-5-9-20(10-6-18)30-23-22(27)24(29-15-28-23)31-21-11-7-19(8-12-21)26(33)35-14-17(3)4/h5-12,15-17H,13-14,27H2,1-4H3,(H2,28,29,30,31). The summed E-state index contributed by atoms with van der Waals surface area (Å²) < 4.78 is 10.5. The Kier molecular flexibility index (Phi) is 8.61. The number of hydrogen-bond acceptors (Lipinski definition) is 9. The molecule has 0 aliphatic carbocycles. The number of esters is 2. The van der Waals surface area contributed by atoms with Gasteiger partial charge in [0.05, 0.1) is 24.3 Å². The Hall–Kier alpha value is -4.14. The molecule has 4 N–H and O–H groups in total. The predicted octanol–water partition coefficient (Wildman–Crippen LogP) is 5.17. The number of aromatic nitrogens is 2. The predicted molar refractivity (Wildman–Crippen MR) is 136 cm³/mol. The van der Waals surface area contributed by atoms with Gasteiger partial charge in [0.1, 0.15) is 12.0 Å². The van der Waals surface area contributed by atoms with Crippen molar-refractivity contribution in [2.75, 3.05) is 29.6 Å². The number of nitrogens with zero attached hydrogens (tertiary/aromatic N) is 2. The molecule has 3 aromatic rings. The monoisotopic (exact) mass is 477 g/mol. The maximum atomic E-state index is 12.1. The molecule has 1 heterocycles. The maximum Gasteiger partial charge on any atom is 0.338 e. The Balaban J connectivity index is 1.65. The molecule has 9 nitrogen and oxygen atoms in total. The lowest BCUT2D eigenvalue weighted by Gasteiger charge is -2.13. The average molecular weight is 478 g/mol. The third kappa shape index (κ3) is 7.43. The molecule has 0 spiro atoms. The molecule has 0 aliphatic rings. The quantitative estimate of drug-likeness (QED) is 0.339. The maximum absolute atomic E-state index is 12.1. The van der Waals surface area contributed by atoms with Crippen LogP contribution in [0, 0.1) is 11.8 Å². The zero-order chi connectivity index (χ0) is 25.4. The highest BCUT2D eigenvalue weighted by atomic mass is 16.5. The Morgan fingerprint density at radius 1 is 0.743 bits per heavy atom. The molecule has 0 bridgehead atoms. The molecular formula is C26H31N5O4. The fourth-order valence-corrected chi connectivity index (χ4v) is 2.90. The van der Waals surface area contributed by atoms with Gasteiger partial charge in [-0.15, -0.1) is 0 Å². The van der Waals surface area contributed by atoms with Crippen LogP contribution in [-0.4, -0.2) is 35.1 Å². The van der Waals surface area contributed by atoms with E-state index in [0.717, 1.165) is 0 Å². The second kappa shape index (κ2) is 11.8. The molecule has 184 valence electrons. The first-order chi connectivity index (χ1) is 16.7. The number of nitrogen functional groups attached to an aromatic ring is 1. The number of nitrogens with one attached hydrogen (secondary N) is 2. The molecule has 9 heteroatoms. The summed E-state index contributed by atoms with van der Waals surface area (Å²) in [6, 6.07) is 13.7. The van der Waals surface area contributed by atoms with Gasteiger partial charge in [0.2, 0.25) is 0 Å². The first-order valence-electron chi connectivity index (χ1n) is 11.4. The Labute approximate surface area is 205 Å². The summed E-state index contributed by atoms with van der Waals surface area (Å²) in [6.45, 7) is 8.67. The highest BCUT2D eigenvalue weighted by molar-refractivity contribution is 5.91. The van der Waals surface area contributed by atoms with E-state index in [0.29, 0.717) is 53.0 Å². The molecule has 0 amide bonds. The summed E-state index contributed by atoms with van der Waals surface area (Å²) in [5, 5.41) is 6.26. The van der Waals surface area contributed by atoms with E-state index in [2.05, 4.69) is 20.6 Å². The minimum atomic E-state index is -0.363. The van der Waals surface area contributed by atoms with Crippen LogP contribution in [0.4, 0.5) is 28.7 Å². The van der Waals surface area contributed by atoms with Crippen LogP contribution in [-0.2, 0) is 9.47 Å². The number of hydrogen-bond donors (Lipinski definition) is 3. The Morgan fingerprint density at radius 2 is 1.11 bits per heavy atom. The van der Waals surface area contributed by atoms with E-state index in [1.54, 1.807) is 48.5 Å². The summed E-state index contributed by atoms with van der Waals surface area (Å²) in [7, 11) is 0. The van der Waals surface area contributed by atoms with E-state index in [1.807, 2.05) is 27.7 Å². The molecule has 0 unspecified atom stereocenters. The Bertz CT molecular complexity index is 1060. The van der Waals surface area contributed by atoms with Crippen LogP contribution in [0.15, 0.2) is 54.9 Å². The van der Waals surface area contributed by atoms with Crippen LogP contribution < -0.4 is 16.4 Å². The van der Waals surface area contributed by atoms with Crippen molar-refractivity contribution < 1.29 is 19.1 Å². The molecule has 0 radical (unpaired) electrons. The molecule has 0 atom stereocenters. The molecule has 0 saturated carbocycles. The van der Waals surface area contributed by atoms with Gasteiger partial charge in [0, 0.05) is 11.4 Å². The molecule has 0 fully saturated rings. The van der Waals surface area contributed by atoms with Gasteiger partial charge in [-0.1, -0.05) is 27.7 Å². The van der Waals surface area contributed by atoms with Crippen molar-refractivity contribution in [1.82, 2.24) is 9.97 Å². The SMILES string of the molecule is CC(C)COC(=O)c1ccc(Nc2ncnc(Nc3ccc(C(=O)OCC(C)C)cc3)c2N)cc1. The number of ether oxygens (including phenoxy) is 2. The van der Waals surface area contributed by atoms with Crippen molar-refractivity contribution in [3.8, 4) is 0 Å². The van der Waals surface area contributed by atoms with Crippen LogP contribution in [0.25, 0.3) is 0 Å². The summed E-state index contributed by atoms with van der Waals surface area (Å²) >= 11 is 0. The first kappa shape index (κ1) is 25.5. The van der Waals surface area contributed by atoms with Gasteiger partial charge in [0.25, 0.3) is 0 Å². The number of nitrogens with two attached hydrogens (primary N) is 1. The van der Waals surface area contributed by atoms with E-state index >= 15 is 0 Å². The second-order valence-electron chi connectivity index (χ2n) is 8.87. The van der Waals surface area contributed by atoms with Gasteiger partial charge in [0.15, 0.2) is 11.6 Å². The highest BCUT2D eigenvalue weighted by Crippen LogP contribution is 2.28. The molecule has 1 aromatic heterocycles. The van der Waals surface area contributed by atoms with Crippen molar-refractivity contribution in [1.29, 1.82) is 0 Å². The minimum absolute atomic E-state index is 0.271. The summed E-state index contributed by atoms with van der Waals surface area (Å²) in [6.07, 6.45) is 1.39. The average Bonchev–Trinajstić information content (AvgIpc) is 2.84. The fraction of sp³-hybridized carbons (Fsp3) is 0.308. The highest BCUT2D eigenvalue weighted by Gasteiger charge is 2.12. The van der Waals surface area contributed by atoms with E-state index in [4.69, 9.17) is 15.2 Å². The van der Waals surface area contributed by atoms with Gasteiger partial charge in [-0.25, -0.2) is 19.6 Å². The smallest absolute Gasteiger partial charge is 0.338 e. The van der Waals surface area contributed by atoms with E-state index in [-0.39, 0.29) is 23.8 Å². The third-order valence-electron chi connectivity index (χ3n) is 4.75. The van der Waals surface area contributed by atoms with Gasteiger partial charge >= 0.3 is 11.9 Å². The topological polar surface area (TPSA) is 128 Å². The van der Waals surface area contributed by atoms with E-state index in [9.17, 15) is 9.59 Å². The summed E-state index contributed by atoms with van der Waals surface area (Å²) in [4.78, 5) is 32.6. The first-order valence-corrected chi connectivity index (χ1v) is 11.4. The molecule has 3 rings (SSSR count). The van der Waals surface area contributed by atoms with Crippen LogP contribution in [0.3, 0.4) is 0 Å². The largest absolute Gasteiger partial charge is 0.462 e. The van der Waals surface area contributed by atoms with Crippen LogP contribution in [0.1, 0.15) is 48.4 Å². The number of benzene rings is 2. The summed E-state index contributed by atoms with van der Waals surface area (Å²) in [5.74, 6) is 0.633. The lowest BCUT2D eigenvalue weighted by molar-refractivity contribution is 0.0450. The van der Waals surface area contributed by atoms with E-state index < -0.39 is 0 Å². The van der Waals surface area contributed by atoms with Crippen molar-refractivity contribution in [3.63, 3.8) is 0 Å². The van der Waals surface area contributed by atoms with Gasteiger partial charge in [-0.2, -0.15) is 0 Å². The van der Waals surface area contributed by atoms with Gasteiger partial charge in [-0.3, -0.25) is 0 Å². The molecular weight excluding hydrogens is 446 g/mol. The Morgan fingerprint density at radius 3 is 1.46 bits per heavy atom. The number of carbonyl (C=O) groups is 2. The second-order valence-corrected chi connectivity index (χ2v) is 8.87. The van der Waals surface area contributed by atoms with Crippen molar-refractivity contribution in [2.24, 2.45) is 11.8 Å².